The van der Waals surface area contributed by atoms with E-state index in [1.807, 2.05) is 0 Å². The third-order valence-corrected chi connectivity index (χ3v) is 4.62. The molecular formula is C21H27NO4. The Balaban J connectivity index is 1.78. The van der Waals surface area contributed by atoms with Gasteiger partial charge in [-0.15, -0.1) is 0 Å². The highest BCUT2D eigenvalue weighted by Gasteiger charge is 2.26. The van der Waals surface area contributed by atoms with Crippen LogP contribution in [0.15, 0.2) is 24.3 Å². The summed E-state index contributed by atoms with van der Waals surface area (Å²) in [5.74, 6) is 5.08. The molecule has 5 heteroatoms. The molecule has 3 N–H and O–H groups in total. The zero-order valence-electron chi connectivity index (χ0n) is 15.1. The fourth-order valence-corrected chi connectivity index (χ4v) is 3.04. The average Bonchev–Trinajstić information content (AvgIpc) is 2.63. The molecule has 5 nitrogen and oxygen atoms in total. The molecule has 1 aliphatic rings. The molecule has 0 atom stereocenters. The van der Waals surface area contributed by atoms with Crippen molar-refractivity contribution in [1.29, 1.82) is 0 Å². The van der Waals surface area contributed by atoms with Gasteiger partial charge in [-0.2, -0.15) is 0 Å². The number of amides is 1. The first-order valence-corrected chi connectivity index (χ1v) is 9.34. The number of carbonyl (C=O) groups is 2. The number of carboxylic acids is 1. The van der Waals surface area contributed by atoms with Gasteiger partial charge in [0.2, 0.25) is 0 Å². The average molecular weight is 357 g/mol. The third kappa shape index (κ3) is 6.89. The third-order valence-electron chi connectivity index (χ3n) is 4.62. The van der Waals surface area contributed by atoms with E-state index in [-0.39, 0.29) is 12.3 Å². The molecule has 1 amide bonds. The van der Waals surface area contributed by atoms with Gasteiger partial charge in [-0.3, -0.25) is 9.59 Å². The lowest BCUT2D eigenvalue weighted by molar-refractivity contribution is -0.137. The van der Waals surface area contributed by atoms with Gasteiger partial charge in [-0.1, -0.05) is 24.7 Å². The quantitative estimate of drug-likeness (QED) is 0.517. The standard InChI is InChI=1S/C21H27NO4/c23-19(24)7-3-1-6-16-22-20(25)18-10-8-17(9-11-18)12-15-21(26)13-4-2-5-14-21/h8-11,26H,1-7,13-14,16H2,(H,22,25)(H,23,24). The fraction of sp³-hybridized carbons (Fsp3) is 0.524. The predicted octanol–water partition coefficient (Wildman–Crippen LogP) is 3.11. The maximum atomic E-state index is 12.1. The Bertz CT molecular complexity index is 663. The number of carboxylic acid groups (broad SMARTS) is 1. The summed E-state index contributed by atoms with van der Waals surface area (Å²) < 4.78 is 0. The molecule has 0 aliphatic heterocycles. The van der Waals surface area contributed by atoms with Crippen LogP contribution in [0.25, 0.3) is 0 Å². The Morgan fingerprint density at radius 1 is 1.04 bits per heavy atom. The van der Waals surface area contributed by atoms with Crippen molar-refractivity contribution in [2.75, 3.05) is 6.54 Å². The number of hydrogen-bond donors (Lipinski definition) is 3. The fourth-order valence-electron chi connectivity index (χ4n) is 3.04. The van der Waals surface area contributed by atoms with Crippen LogP contribution in [0, 0.1) is 11.8 Å². The minimum Gasteiger partial charge on any atom is -0.481 e. The normalized spacial score (nSPS) is 15.6. The molecule has 1 fully saturated rings. The lowest BCUT2D eigenvalue weighted by Gasteiger charge is -2.26. The molecule has 1 saturated carbocycles. The summed E-state index contributed by atoms with van der Waals surface area (Å²) in [6.07, 6.45) is 7.00. The van der Waals surface area contributed by atoms with Gasteiger partial charge in [-0.25, -0.2) is 0 Å². The minimum absolute atomic E-state index is 0.145. The highest BCUT2D eigenvalue weighted by atomic mass is 16.4. The van der Waals surface area contributed by atoms with Gasteiger partial charge in [0.15, 0.2) is 0 Å². The monoisotopic (exact) mass is 357 g/mol. The Kier molecular flexibility index (Phi) is 7.68. The highest BCUT2D eigenvalue weighted by Crippen LogP contribution is 2.27. The van der Waals surface area contributed by atoms with Crippen molar-refractivity contribution in [2.45, 2.75) is 63.4 Å². The first-order valence-electron chi connectivity index (χ1n) is 9.34. The van der Waals surface area contributed by atoms with Crippen LogP contribution in [0.1, 0.15) is 73.7 Å². The molecule has 1 aromatic rings. The van der Waals surface area contributed by atoms with Crippen molar-refractivity contribution >= 4 is 11.9 Å². The van der Waals surface area contributed by atoms with Gasteiger partial charge in [0.05, 0.1) is 0 Å². The van der Waals surface area contributed by atoms with Crippen LogP contribution in [-0.4, -0.2) is 34.2 Å². The molecule has 0 bridgehead atoms. The Labute approximate surface area is 154 Å². The van der Waals surface area contributed by atoms with Gasteiger partial charge in [0, 0.05) is 24.1 Å². The maximum Gasteiger partial charge on any atom is 0.303 e. The number of nitrogens with one attached hydrogen (secondary N) is 1. The molecule has 0 heterocycles. The van der Waals surface area contributed by atoms with Crippen LogP contribution in [0.2, 0.25) is 0 Å². The molecule has 2 rings (SSSR count). The van der Waals surface area contributed by atoms with Crippen LogP contribution in [-0.2, 0) is 4.79 Å². The van der Waals surface area contributed by atoms with Gasteiger partial charge < -0.3 is 15.5 Å². The molecule has 0 radical (unpaired) electrons. The number of hydrogen-bond acceptors (Lipinski definition) is 3. The molecule has 0 spiro atoms. The molecular weight excluding hydrogens is 330 g/mol. The number of unbranched alkanes of at least 4 members (excludes halogenated alkanes) is 2. The number of carbonyl (C=O) groups excluding carboxylic acids is 1. The molecule has 0 unspecified atom stereocenters. The summed E-state index contributed by atoms with van der Waals surface area (Å²) in [6.45, 7) is 0.535. The summed E-state index contributed by atoms with van der Waals surface area (Å²) in [7, 11) is 0. The Morgan fingerprint density at radius 3 is 2.38 bits per heavy atom. The summed E-state index contributed by atoms with van der Waals surface area (Å²) in [5.41, 5.74) is 0.487. The second-order valence-electron chi connectivity index (χ2n) is 6.88. The van der Waals surface area contributed by atoms with Crippen molar-refractivity contribution in [3.8, 4) is 11.8 Å². The van der Waals surface area contributed by atoms with Crippen molar-refractivity contribution in [1.82, 2.24) is 5.32 Å². The van der Waals surface area contributed by atoms with Crippen LogP contribution in [0.5, 0.6) is 0 Å². The second kappa shape index (κ2) is 9.98. The van der Waals surface area contributed by atoms with E-state index < -0.39 is 11.6 Å². The predicted molar refractivity (Wildman–Crippen MR) is 99.8 cm³/mol. The van der Waals surface area contributed by atoms with E-state index in [1.54, 1.807) is 24.3 Å². The largest absolute Gasteiger partial charge is 0.481 e. The number of benzene rings is 1. The molecule has 0 aromatic heterocycles. The number of aliphatic hydroxyl groups is 1. The summed E-state index contributed by atoms with van der Waals surface area (Å²) in [6, 6.07) is 7.05. The van der Waals surface area contributed by atoms with Crippen LogP contribution < -0.4 is 5.32 Å². The topological polar surface area (TPSA) is 86.6 Å². The zero-order chi connectivity index (χ0) is 18.8. The minimum atomic E-state index is -0.866. The molecule has 26 heavy (non-hydrogen) atoms. The van der Waals surface area contributed by atoms with Gasteiger partial charge >= 0.3 is 5.97 Å². The van der Waals surface area contributed by atoms with Crippen LogP contribution in [0.4, 0.5) is 0 Å². The van der Waals surface area contributed by atoms with Gasteiger partial charge in [-0.05, 0) is 62.8 Å². The lowest BCUT2D eigenvalue weighted by Crippen LogP contribution is -2.29. The Hall–Kier alpha value is -2.32. The zero-order valence-corrected chi connectivity index (χ0v) is 15.1. The smallest absolute Gasteiger partial charge is 0.303 e. The van der Waals surface area contributed by atoms with Crippen molar-refractivity contribution < 1.29 is 19.8 Å². The van der Waals surface area contributed by atoms with E-state index in [2.05, 4.69) is 17.2 Å². The van der Waals surface area contributed by atoms with E-state index in [9.17, 15) is 14.7 Å². The number of rotatable bonds is 7. The summed E-state index contributed by atoms with van der Waals surface area (Å²) >= 11 is 0. The van der Waals surface area contributed by atoms with Gasteiger partial charge in [0.25, 0.3) is 5.91 Å². The first-order chi connectivity index (χ1) is 12.5. The molecule has 1 aromatic carbocycles. The van der Waals surface area contributed by atoms with Gasteiger partial charge in [0.1, 0.15) is 5.60 Å². The molecule has 0 saturated heterocycles. The van der Waals surface area contributed by atoms with E-state index >= 15 is 0 Å². The molecule has 140 valence electrons. The van der Waals surface area contributed by atoms with Crippen LogP contribution >= 0.6 is 0 Å². The number of aliphatic carboxylic acids is 1. The van der Waals surface area contributed by atoms with Crippen LogP contribution in [0.3, 0.4) is 0 Å². The highest BCUT2D eigenvalue weighted by molar-refractivity contribution is 5.94. The van der Waals surface area contributed by atoms with Crippen molar-refractivity contribution in [2.24, 2.45) is 0 Å². The Morgan fingerprint density at radius 2 is 1.73 bits per heavy atom. The SMILES string of the molecule is O=C(O)CCCCCNC(=O)c1ccc(C#CC2(O)CCCCC2)cc1. The van der Waals surface area contributed by atoms with E-state index in [0.717, 1.165) is 50.5 Å². The van der Waals surface area contributed by atoms with E-state index in [4.69, 9.17) is 5.11 Å². The molecule has 1 aliphatic carbocycles. The van der Waals surface area contributed by atoms with Crippen molar-refractivity contribution in [3.05, 3.63) is 35.4 Å². The second-order valence-corrected chi connectivity index (χ2v) is 6.88. The first kappa shape index (κ1) is 20.0. The maximum absolute atomic E-state index is 12.1. The lowest BCUT2D eigenvalue weighted by atomic mass is 9.85. The van der Waals surface area contributed by atoms with Crippen molar-refractivity contribution in [3.63, 3.8) is 0 Å². The summed E-state index contributed by atoms with van der Waals surface area (Å²) in [4.78, 5) is 22.5. The van der Waals surface area contributed by atoms with E-state index in [0.29, 0.717) is 18.5 Å². The summed E-state index contributed by atoms with van der Waals surface area (Å²) in [5, 5.41) is 21.8. The van der Waals surface area contributed by atoms with E-state index in [1.165, 1.54) is 0 Å².